The third-order valence-corrected chi connectivity index (χ3v) is 3.33. The molecule has 1 aromatic heterocycles. The Morgan fingerprint density at radius 1 is 1.48 bits per heavy atom. The lowest BCUT2D eigenvalue weighted by molar-refractivity contribution is -0.121. The molecule has 2 aromatic rings. The van der Waals surface area contributed by atoms with Crippen LogP contribution in [0.15, 0.2) is 12.1 Å². The molecule has 0 radical (unpaired) electrons. The number of hydrogen-bond donors (Lipinski definition) is 2. The van der Waals surface area contributed by atoms with Gasteiger partial charge in [0.2, 0.25) is 11.9 Å². The molecule has 5 nitrogen and oxygen atoms in total. The van der Waals surface area contributed by atoms with Crippen LogP contribution in [0.4, 0.5) is 10.3 Å². The number of fused-ring (bicyclic) bond motifs is 1. The van der Waals surface area contributed by atoms with Crippen molar-refractivity contribution >= 4 is 22.9 Å². The number of nitrogen functional groups attached to an aromatic ring is 1. The lowest BCUT2D eigenvalue weighted by atomic mass is 10.2. The molecule has 1 amide bonds. The van der Waals surface area contributed by atoms with Crippen molar-refractivity contribution in [3.8, 4) is 0 Å². The first-order valence-electron chi connectivity index (χ1n) is 7.07. The zero-order chi connectivity index (χ0) is 15.6. The molecule has 0 saturated carbocycles. The summed E-state index contributed by atoms with van der Waals surface area (Å²) in [5.41, 5.74) is 7.66. The number of carbonyl (C=O) groups excluding carboxylic acids is 1. The van der Waals surface area contributed by atoms with E-state index in [-0.39, 0.29) is 11.7 Å². The van der Waals surface area contributed by atoms with Gasteiger partial charge >= 0.3 is 0 Å². The van der Waals surface area contributed by atoms with Gasteiger partial charge in [0.15, 0.2) is 0 Å². The van der Waals surface area contributed by atoms with Gasteiger partial charge in [-0.25, -0.2) is 9.37 Å². The van der Waals surface area contributed by atoms with Gasteiger partial charge in [0.25, 0.3) is 0 Å². The minimum Gasteiger partial charge on any atom is -0.369 e. The lowest BCUT2D eigenvalue weighted by Gasteiger charge is -2.09. The van der Waals surface area contributed by atoms with E-state index >= 15 is 0 Å². The van der Waals surface area contributed by atoms with E-state index in [1.807, 2.05) is 13.8 Å². The van der Waals surface area contributed by atoms with Gasteiger partial charge in [-0.15, -0.1) is 0 Å². The molecule has 114 valence electrons. The average Bonchev–Trinajstić information content (AvgIpc) is 2.70. The van der Waals surface area contributed by atoms with Crippen LogP contribution in [0.25, 0.3) is 11.0 Å². The highest BCUT2D eigenvalue weighted by Gasteiger charge is 2.12. The predicted octanol–water partition coefficient (Wildman–Crippen LogP) is 2.23. The SMILES string of the molecule is Cc1cc2c(cc1F)nc(N)n2CCC(=O)NCC(C)C. The van der Waals surface area contributed by atoms with Crippen LogP contribution in [0.3, 0.4) is 0 Å². The number of aryl methyl sites for hydroxylation is 2. The fourth-order valence-corrected chi connectivity index (χ4v) is 2.12. The lowest BCUT2D eigenvalue weighted by Crippen LogP contribution is -2.28. The highest BCUT2D eigenvalue weighted by Crippen LogP contribution is 2.21. The maximum atomic E-state index is 13.5. The maximum absolute atomic E-state index is 13.5. The van der Waals surface area contributed by atoms with Gasteiger partial charge < -0.3 is 15.6 Å². The highest BCUT2D eigenvalue weighted by atomic mass is 19.1. The van der Waals surface area contributed by atoms with Crippen LogP contribution in [-0.2, 0) is 11.3 Å². The van der Waals surface area contributed by atoms with Gasteiger partial charge in [0.1, 0.15) is 5.82 Å². The minimum absolute atomic E-state index is 0.0243. The third-order valence-electron chi connectivity index (χ3n) is 3.33. The Morgan fingerprint density at radius 3 is 2.86 bits per heavy atom. The second kappa shape index (κ2) is 6.11. The van der Waals surface area contributed by atoms with Crippen molar-refractivity contribution in [3.05, 3.63) is 23.5 Å². The van der Waals surface area contributed by atoms with Gasteiger partial charge in [-0.3, -0.25) is 4.79 Å². The molecule has 2 rings (SSSR count). The van der Waals surface area contributed by atoms with Crippen molar-refractivity contribution in [2.24, 2.45) is 5.92 Å². The number of imidazole rings is 1. The van der Waals surface area contributed by atoms with Crippen molar-refractivity contribution < 1.29 is 9.18 Å². The highest BCUT2D eigenvalue weighted by molar-refractivity contribution is 5.80. The summed E-state index contributed by atoms with van der Waals surface area (Å²) in [6.45, 7) is 6.86. The molecule has 0 unspecified atom stereocenters. The summed E-state index contributed by atoms with van der Waals surface area (Å²) in [5, 5.41) is 2.86. The topological polar surface area (TPSA) is 72.9 Å². The molecule has 0 atom stereocenters. The molecule has 0 aliphatic rings. The first-order chi connectivity index (χ1) is 9.88. The Bertz CT molecular complexity index is 663. The molecule has 0 bridgehead atoms. The third kappa shape index (κ3) is 3.51. The maximum Gasteiger partial charge on any atom is 0.221 e. The van der Waals surface area contributed by atoms with Crippen molar-refractivity contribution in [1.29, 1.82) is 0 Å². The molecule has 6 heteroatoms. The van der Waals surface area contributed by atoms with Crippen LogP contribution < -0.4 is 11.1 Å². The number of benzene rings is 1. The summed E-state index contributed by atoms with van der Waals surface area (Å²) in [5.74, 6) is 0.385. The Labute approximate surface area is 123 Å². The number of aromatic nitrogens is 2. The Kier molecular flexibility index (Phi) is 4.45. The van der Waals surface area contributed by atoms with Crippen molar-refractivity contribution in [1.82, 2.24) is 14.9 Å². The van der Waals surface area contributed by atoms with E-state index < -0.39 is 0 Å². The number of nitrogens with two attached hydrogens (primary N) is 1. The second-order valence-electron chi connectivity index (χ2n) is 5.66. The first-order valence-corrected chi connectivity index (χ1v) is 7.07. The summed E-state index contributed by atoms with van der Waals surface area (Å²) >= 11 is 0. The second-order valence-corrected chi connectivity index (χ2v) is 5.66. The van der Waals surface area contributed by atoms with Gasteiger partial charge in [0.05, 0.1) is 11.0 Å². The number of carbonyl (C=O) groups is 1. The molecular weight excluding hydrogens is 271 g/mol. The molecule has 1 aromatic carbocycles. The van der Waals surface area contributed by atoms with E-state index in [9.17, 15) is 9.18 Å². The number of anilines is 1. The predicted molar refractivity (Wildman–Crippen MR) is 81.3 cm³/mol. The first kappa shape index (κ1) is 15.3. The largest absolute Gasteiger partial charge is 0.369 e. The summed E-state index contributed by atoms with van der Waals surface area (Å²) in [6.07, 6.45) is 0.318. The van der Waals surface area contributed by atoms with E-state index in [1.165, 1.54) is 6.07 Å². The van der Waals surface area contributed by atoms with E-state index in [4.69, 9.17) is 5.73 Å². The van der Waals surface area contributed by atoms with E-state index in [0.29, 0.717) is 42.5 Å². The Morgan fingerprint density at radius 2 is 2.19 bits per heavy atom. The molecule has 0 fully saturated rings. The van der Waals surface area contributed by atoms with Crippen molar-refractivity contribution in [3.63, 3.8) is 0 Å². The van der Waals surface area contributed by atoms with E-state index in [0.717, 1.165) is 5.52 Å². The van der Waals surface area contributed by atoms with Gasteiger partial charge in [-0.2, -0.15) is 0 Å². The zero-order valence-corrected chi connectivity index (χ0v) is 12.6. The van der Waals surface area contributed by atoms with Crippen LogP contribution in [0, 0.1) is 18.7 Å². The number of nitrogens with one attached hydrogen (secondary N) is 1. The normalized spacial score (nSPS) is 11.3. The summed E-state index contributed by atoms with van der Waals surface area (Å²) in [6, 6.07) is 3.08. The molecule has 1 heterocycles. The molecule has 0 spiro atoms. The smallest absolute Gasteiger partial charge is 0.221 e. The molecule has 0 saturated heterocycles. The van der Waals surface area contributed by atoms with Crippen LogP contribution in [0.1, 0.15) is 25.8 Å². The summed E-state index contributed by atoms with van der Waals surface area (Å²) in [7, 11) is 0. The quantitative estimate of drug-likeness (QED) is 0.887. The average molecular weight is 292 g/mol. The van der Waals surface area contributed by atoms with Crippen LogP contribution >= 0.6 is 0 Å². The van der Waals surface area contributed by atoms with E-state index in [1.54, 1.807) is 17.6 Å². The Hall–Kier alpha value is -2.11. The number of rotatable bonds is 5. The van der Waals surface area contributed by atoms with Crippen LogP contribution in [0.5, 0.6) is 0 Å². The number of hydrogen-bond acceptors (Lipinski definition) is 3. The monoisotopic (exact) mass is 292 g/mol. The molecule has 0 aliphatic carbocycles. The van der Waals surface area contributed by atoms with Crippen LogP contribution in [0.2, 0.25) is 0 Å². The van der Waals surface area contributed by atoms with E-state index in [2.05, 4.69) is 10.3 Å². The standard InChI is InChI=1S/C15H21FN4O/c1-9(2)8-18-14(21)4-5-20-13-6-10(3)11(16)7-12(13)19-15(20)17/h6-7,9H,4-5,8H2,1-3H3,(H2,17,19)(H,18,21). The van der Waals surface area contributed by atoms with Crippen LogP contribution in [-0.4, -0.2) is 22.0 Å². The zero-order valence-electron chi connectivity index (χ0n) is 12.6. The fourth-order valence-electron chi connectivity index (χ4n) is 2.12. The number of amides is 1. The molecule has 21 heavy (non-hydrogen) atoms. The Balaban J connectivity index is 2.13. The number of halogens is 1. The fraction of sp³-hybridized carbons (Fsp3) is 0.467. The summed E-state index contributed by atoms with van der Waals surface area (Å²) < 4.78 is 15.3. The molecule has 3 N–H and O–H groups in total. The summed E-state index contributed by atoms with van der Waals surface area (Å²) in [4.78, 5) is 15.9. The van der Waals surface area contributed by atoms with Gasteiger partial charge in [-0.05, 0) is 24.5 Å². The van der Waals surface area contributed by atoms with Crippen molar-refractivity contribution in [2.75, 3.05) is 12.3 Å². The molecule has 0 aliphatic heterocycles. The number of nitrogens with zero attached hydrogens (tertiary/aromatic N) is 2. The molecular formula is C15H21FN4O. The minimum atomic E-state index is -0.304. The van der Waals surface area contributed by atoms with Crippen molar-refractivity contribution in [2.45, 2.75) is 33.7 Å². The van der Waals surface area contributed by atoms with Gasteiger partial charge in [0, 0.05) is 25.6 Å². The van der Waals surface area contributed by atoms with Gasteiger partial charge in [-0.1, -0.05) is 13.8 Å².